The number of H-pyrrole nitrogens is 1. The maximum absolute atomic E-state index is 12.0. The van der Waals surface area contributed by atoms with Crippen molar-refractivity contribution in [3.63, 3.8) is 0 Å². The number of methoxy groups -OCH3 is 1. The van der Waals surface area contributed by atoms with Gasteiger partial charge in [-0.15, -0.1) is 0 Å². The number of likely N-dealkylation sites (tertiary alicyclic amines) is 1. The third-order valence-electron chi connectivity index (χ3n) is 8.26. The zero-order valence-corrected chi connectivity index (χ0v) is 20.6. The number of nitrogens with one attached hydrogen (secondary N) is 1. The summed E-state index contributed by atoms with van der Waals surface area (Å²) in [5.41, 5.74) is 5.23. The number of pyridine rings is 1. The van der Waals surface area contributed by atoms with Gasteiger partial charge in [-0.25, -0.2) is 9.78 Å². The molecule has 6 heterocycles. The van der Waals surface area contributed by atoms with Crippen molar-refractivity contribution < 1.29 is 18.7 Å². The first-order valence-electron chi connectivity index (χ1n) is 12.3. The number of fused-ring (bicyclic) bond motifs is 4. The van der Waals surface area contributed by atoms with Gasteiger partial charge in [-0.3, -0.25) is 4.68 Å². The average Bonchev–Trinajstić information content (AvgIpc) is 3.67. The molecule has 0 aromatic carbocycles. The van der Waals surface area contributed by atoms with E-state index in [9.17, 15) is 10.1 Å². The fraction of sp³-hybridized carbons (Fsp3) is 0.423. The molecule has 37 heavy (non-hydrogen) atoms. The summed E-state index contributed by atoms with van der Waals surface area (Å²) in [5.74, 6) is 0.360. The number of carbonyl (C=O) groups excluding carboxylic acids is 1. The molecule has 1 N–H and O–H groups in total. The fourth-order valence-corrected chi connectivity index (χ4v) is 6.62. The molecular formula is C26H25N7O4. The van der Waals surface area contributed by atoms with Gasteiger partial charge in [-0.05, 0) is 31.1 Å². The van der Waals surface area contributed by atoms with Crippen molar-refractivity contribution in [1.29, 1.82) is 5.26 Å². The third-order valence-corrected chi connectivity index (χ3v) is 8.26. The van der Waals surface area contributed by atoms with Gasteiger partial charge in [0, 0.05) is 54.6 Å². The van der Waals surface area contributed by atoms with Crippen LogP contribution in [0.15, 0.2) is 29.3 Å². The first kappa shape index (κ1) is 22.1. The van der Waals surface area contributed by atoms with Gasteiger partial charge < -0.3 is 23.8 Å². The number of aryl methyl sites for hydroxylation is 1. The Morgan fingerprint density at radius 2 is 2.08 bits per heavy atom. The van der Waals surface area contributed by atoms with Crippen LogP contribution in [-0.4, -0.2) is 55.9 Å². The number of nitriles is 1. The second-order valence-corrected chi connectivity index (χ2v) is 10.4. The minimum atomic E-state index is -0.433. The highest BCUT2D eigenvalue weighted by atomic mass is 16.5. The van der Waals surface area contributed by atoms with E-state index in [0.717, 1.165) is 64.7 Å². The van der Waals surface area contributed by atoms with Crippen LogP contribution >= 0.6 is 0 Å². The first-order chi connectivity index (χ1) is 17.9. The number of hydrogen-bond donors (Lipinski definition) is 1. The lowest BCUT2D eigenvalue weighted by Crippen LogP contribution is -2.55. The van der Waals surface area contributed by atoms with Crippen LogP contribution in [0.3, 0.4) is 0 Å². The summed E-state index contributed by atoms with van der Waals surface area (Å²) in [6, 6.07) is 2.06. The monoisotopic (exact) mass is 499 g/mol. The number of rotatable bonds is 2. The van der Waals surface area contributed by atoms with Crippen LogP contribution in [0.4, 0.5) is 4.79 Å². The number of aromatic amines is 1. The second-order valence-electron chi connectivity index (χ2n) is 10.4. The van der Waals surface area contributed by atoms with Crippen molar-refractivity contribution in [2.75, 3.05) is 20.2 Å². The summed E-state index contributed by atoms with van der Waals surface area (Å²) in [4.78, 5) is 26.4. The van der Waals surface area contributed by atoms with E-state index < -0.39 is 5.60 Å². The van der Waals surface area contributed by atoms with E-state index >= 15 is 0 Å². The van der Waals surface area contributed by atoms with Crippen molar-refractivity contribution in [2.45, 2.75) is 37.9 Å². The highest BCUT2D eigenvalue weighted by molar-refractivity contribution is 6.03. The lowest BCUT2D eigenvalue weighted by molar-refractivity contribution is -0.181. The molecular weight excluding hydrogens is 474 g/mol. The van der Waals surface area contributed by atoms with Crippen LogP contribution in [0.1, 0.15) is 42.5 Å². The molecule has 1 saturated carbocycles. The van der Waals surface area contributed by atoms with Crippen LogP contribution in [-0.2, 0) is 28.7 Å². The number of aromatic nitrogens is 5. The van der Waals surface area contributed by atoms with Crippen molar-refractivity contribution >= 4 is 17.1 Å². The minimum Gasteiger partial charge on any atom is -0.453 e. The molecule has 2 fully saturated rings. The summed E-state index contributed by atoms with van der Waals surface area (Å²) < 4.78 is 19.0. The van der Waals surface area contributed by atoms with E-state index in [-0.39, 0.29) is 17.2 Å². The largest absolute Gasteiger partial charge is 0.453 e. The number of carbonyl (C=O) groups is 1. The Morgan fingerprint density at radius 3 is 2.76 bits per heavy atom. The summed E-state index contributed by atoms with van der Waals surface area (Å²) in [5, 5.41) is 14.6. The van der Waals surface area contributed by atoms with Gasteiger partial charge in [-0.2, -0.15) is 15.3 Å². The minimum absolute atomic E-state index is 0.126. The predicted octanol–water partition coefficient (Wildman–Crippen LogP) is 3.86. The number of hydrogen-bond acceptors (Lipinski definition) is 8. The van der Waals surface area contributed by atoms with Gasteiger partial charge in [0.15, 0.2) is 5.69 Å². The van der Waals surface area contributed by atoms with Gasteiger partial charge in [0.2, 0.25) is 5.89 Å². The summed E-state index contributed by atoms with van der Waals surface area (Å²) in [6.07, 6.45) is 10.3. The molecule has 7 rings (SSSR count). The van der Waals surface area contributed by atoms with E-state index in [1.54, 1.807) is 15.8 Å². The van der Waals surface area contributed by atoms with Crippen LogP contribution in [0.5, 0.6) is 0 Å². The summed E-state index contributed by atoms with van der Waals surface area (Å²) >= 11 is 0. The molecule has 11 heteroatoms. The Labute approximate surface area is 212 Å². The quantitative estimate of drug-likeness (QED) is 0.439. The predicted molar refractivity (Wildman–Crippen MR) is 130 cm³/mol. The Balaban J connectivity index is 1.34. The van der Waals surface area contributed by atoms with Crippen LogP contribution in [0.25, 0.3) is 33.7 Å². The molecule has 1 aliphatic carbocycles. The maximum atomic E-state index is 12.0. The van der Waals surface area contributed by atoms with Gasteiger partial charge in [0.1, 0.15) is 18.0 Å². The fourth-order valence-electron chi connectivity index (χ4n) is 6.62. The van der Waals surface area contributed by atoms with E-state index in [1.807, 2.05) is 19.4 Å². The molecule has 0 atom stereocenters. The molecule has 0 radical (unpaired) electrons. The lowest BCUT2D eigenvalue weighted by atomic mass is 9.53. The molecule has 3 aliphatic rings. The Hall–Kier alpha value is -4.17. The zero-order valence-electron chi connectivity index (χ0n) is 20.6. The SMILES string of the molecule is COC(=O)N1CCC2(CC1)CC1(C2)OCc2cnc3[nH]c(-c4cnn(C)c4)c(-c4nc(C#N)co4)c3c21. The maximum Gasteiger partial charge on any atom is 0.409 e. The molecule has 0 unspecified atom stereocenters. The summed E-state index contributed by atoms with van der Waals surface area (Å²) in [6.45, 7) is 1.87. The van der Waals surface area contributed by atoms with E-state index in [0.29, 0.717) is 25.6 Å². The van der Waals surface area contributed by atoms with E-state index in [4.69, 9.17) is 18.9 Å². The topological polar surface area (TPSA) is 135 Å². The molecule has 0 bridgehead atoms. The number of ether oxygens (including phenoxy) is 2. The Bertz CT molecular complexity index is 1590. The van der Waals surface area contributed by atoms with Crippen LogP contribution < -0.4 is 0 Å². The number of amides is 1. The zero-order chi connectivity index (χ0) is 25.4. The second kappa shape index (κ2) is 7.66. The average molecular weight is 500 g/mol. The molecule has 1 saturated heterocycles. The van der Waals surface area contributed by atoms with Gasteiger partial charge in [0.05, 0.1) is 36.8 Å². The molecule has 1 amide bonds. The number of oxazole rings is 1. The molecule has 4 aromatic rings. The van der Waals surface area contributed by atoms with E-state index in [2.05, 4.69) is 21.1 Å². The van der Waals surface area contributed by atoms with Crippen molar-refractivity contribution in [2.24, 2.45) is 12.5 Å². The van der Waals surface area contributed by atoms with Crippen molar-refractivity contribution in [3.05, 3.63) is 41.7 Å². The highest BCUT2D eigenvalue weighted by Gasteiger charge is 2.60. The van der Waals surface area contributed by atoms with Gasteiger partial charge in [-0.1, -0.05) is 0 Å². The molecule has 4 aromatic heterocycles. The number of nitrogens with zero attached hydrogens (tertiary/aromatic N) is 6. The summed E-state index contributed by atoms with van der Waals surface area (Å²) in [7, 11) is 3.29. The first-order valence-corrected chi connectivity index (χ1v) is 12.3. The standard InChI is InChI=1S/C26H25N7O4/c1-32-10-15(9-29-32)21-19(23-30-17(7-27)12-36-23)18-20-16(8-28-22(18)31-21)11-37-26(20)13-25(14-26)3-5-33(6-4-25)24(34)35-2/h8-10,12H,3-6,11,13-14H2,1-2H3,(H,28,31). The molecule has 2 aliphatic heterocycles. The molecule has 11 nitrogen and oxygen atoms in total. The van der Waals surface area contributed by atoms with Crippen LogP contribution in [0.2, 0.25) is 0 Å². The lowest BCUT2D eigenvalue weighted by Gasteiger charge is -2.57. The van der Waals surface area contributed by atoms with Crippen molar-refractivity contribution in [1.82, 2.24) is 29.6 Å². The highest BCUT2D eigenvalue weighted by Crippen LogP contribution is 2.65. The van der Waals surface area contributed by atoms with Crippen LogP contribution in [0, 0.1) is 16.7 Å². The number of piperidine rings is 1. The molecule has 188 valence electrons. The van der Waals surface area contributed by atoms with Gasteiger partial charge >= 0.3 is 6.09 Å². The normalized spacial score (nSPS) is 19.2. The third kappa shape index (κ3) is 3.15. The van der Waals surface area contributed by atoms with E-state index in [1.165, 1.54) is 13.4 Å². The molecule has 2 spiro atoms. The Morgan fingerprint density at radius 1 is 1.27 bits per heavy atom. The smallest absolute Gasteiger partial charge is 0.409 e. The van der Waals surface area contributed by atoms with Crippen molar-refractivity contribution in [3.8, 4) is 28.8 Å². The van der Waals surface area contributed by atoms with Gasteiger partial charge in [0.25, 0.3) is 0 Å². The Kier molecular flexibility index (Phi) is 4.57.